The van der Waals surface area contributed by atoms with Crippen molar-refractivity contribution in [3.63, 3.8) is 0 Å². The number of aliphatic hydroxyl groups is 1. The second-order valence-electron chi connectivity index (χ2n) is 7.03. The first-order chi connectivity index (χ1) is 13.0. The number of aromatic nitrogens is 1. The number of ether oxygens (including phenoxy) is 1. The van der Waals surface area contributed by atoms with Gasteiger partial charge < -0.3 is 24.4 Å². The zero-order valence-electron chi connectivity index (χ0n) is 14.6. The number of morpholine rings is 1. The monoisotopic (exact) mass is 372 g/mol. The van der Waals surface area contributed by atoms with Crippen molar-refractivity contribution in [1.29, 1.82) is 0 Å². The fourth-order valence-corrected chi connectivity index (χ4v) is 3.41. The van der Waals surface area contributed by atoms with Gasteiger partial charge in [-0.25, -0.2) is 4.79 Å². The predicted octanol–water partition coefficient (Wildman–Crippen LogP) is 0.589. The number of benzene rings is 1. The second kappa shape index (κ2) is 6.79. The number of aliphatic hydroxyl groups excluding tert-OH is 1. The Morgan fingerprint density at radius 2 is 1.96 bits per heavy atom. The van der Waals surface area contributed by atoms with Crippen molar-refractivity contribution < 1.29 is 24.5 Å². The molecule has 8 nitrogen and oxygen atoms in total. The van der Waals surface area contributed by atoms with Crippen LogP contribution in [0, 0.1) is 5.92 Å². The first-order valence-electron chi connectivity index (χ1n) is 8.93. The molecular weight excluding hydrogens is 352 g/mol. The van der Waals surface area contributed by atoms with Gasteiger partial charge in [0, 0.05) is 24.8 Å². The van der Waals surface area contributed by atoms with Gasteiger partial charge in [-0.1, -0.05) is 6.07 Å². The molecule has 142 valence electrons. The summed E-state index contributed by atoms with van der Waals surface area (Å²) in [5.41, 5.74) is 1.20. The Morgan fingerprint density at radius 3 is 2.67 bits per heavy atom. The molecule has 1 aliphatic carbocycles. The van der Waals surface area contributed by atoms with Crippen molar-refractivity contribution in [2.45, 2.75) is 31.6 Å². The number of carbonyl (C=O) groups is 2. The summed E-state index contributed by atoms with van der Waals surface area (Å²) in [7, 11) is 0. The zero-order valence-corrected chi connectivity index (χ0v) is 14.6. The van der Waals surface area contributed by atoms with Gasteiger partial charge in [0.1, 0.15) is 0 Å². The molecule has 2 N–H and O–H groups in total. The zero-order chi connectivity index (χ0) is 19.1. The SMILES string of the molecule is O=C(O)[C@H](O)[C@H]1OCCN(c2ccc3ccc(=O)n(CC4CC4)c3c2)C1=O. The fraction of sp³-hybridized carbons (Fsp3) is 0.421. The second-order valence-corrected chi connectivity index (χ2v) is 7.03. The van der Waals surface area contributed by atoms with Crippen LogP contribution < -0.4 is 10.5 Å². The van der Waals surface area contributed by atoms with Gasteiger partial charge in [0.2, 0.25) is 0 Å². The van der Waals surface area contributed by atoms with Crippen LogP contribution in [0.1, 0.15) is 12.8 Å². The quantitative estimate of drug-likeness (QED) is 0.795. The van der Waals surface area contributed by atoms with Crippen molar-refractivity contribution in [1.82, 2.24) is 4.57 Å². The molecule has 0 bridgehead atoms. The highest BCUT2D eigenvalue weighted by Gasteiger charge is 2.39. The molecule has 8 heteroatoms. The first-order valence-corrected chi connectivity index (χ1v) is 8.93. The predicted molar refractivity (Wildman–Crippen MR) is 96.7 cm³/mol. The number of carboxylic acids is 1. The molecule has 1 aromatic carbocycles. The highest BCUT2D eigenvalue weighted by molar-refractivity contribution is 6.01. The third-order valence-electron chi connectivity index (χ3n) is 5.09. The van der Waals surface area contributed by atoms with Crippen LogP contribution in [0.15, 0.2) is 35.1 Å². The van der Waals surface area contributed by atoms with Gasteiger partial charge in [-0.15, -0.1) is 0 Å². The summed E-state index contributed by atoms with van der Waals surface area (Å²) in [6.07, 6.45) is -1.15. The summed E-state index contributed by atoms with van der Waals surface area (Å²) in [6, 6.07) is 8.65. The van der Waals surface area contributed by atoms with Crippen molar-refractivity contribution in [3.8, 4) is 0 Å². The van der Waals surface area contributed by atoms with Gasteiger partial charge in [0.05, 0.1) is 12.1 Å². The minimum absolute atomic E-state index is 0.0842. The molecule has 27 heavy (non-hydrogen) atoms. The summed E-state index contributed by atoms with van der Waals surface area (Å²) in [5.74, 6) is -1.61. The summed E-state index contributed by atoms with van der Waals surface area (Å²) in [6.45, 7) is 1.01. The van der Waals surface area contributed by atoms with E-state index in [0.717, 1.165) is 23.7 Å². The third kappa shape index (κ3) is 3.33. The molecule has 2 heterocycles. The van der Waals surface area contributed by atoms with Crippen LogP contribution >= 0.6 is 0 Å². The van der Waals surface area contributed by atoms with E-state index in [0.29, 0.717) is 18.2 Å². The van der Waals surface area contributed by atoms with E-state index in [-0.39, 0.29) is 18.7 Å². The van der Waals surface area contributed by atoms with Crippen molar-refractivity contribution >= 4 is 28.5 Å². The maximum absolute atomic E-state index is 12.7. The standard InChI is InChI=1S/C19H20N2O6/c22-15-6-4-12-3-5-13(9-14(12)21(15)10-11-1-2-11)20-7-8-27-17(18(20)24)16(23)19(25)26/h3-6,9,11,16-17,23H,1-2,7-8,10H2,(H,25,26)/t16-,17-/m1/s1. The first kappa shape index (κ1) is 17.7. The van der Waals surface area contributed by atoms with Crippen molar-refractivity contribution in [3.05, 3.63) is 40.7 Å². The molecule has 1 aliphatic heterocycles. The Hall–Kier alpha value is -2.71. The fourth-order valence-electron chi connectivity index (χ4n) is 3.41. The summed E-state index contributed by atoms with van der Waals surface area (Å²) in [5, 5.41) is 19.6. The number of carbonyl (C=O) groups excluding carboxylic acids is 1. The van der Waals surface area contributed by atoms with E-state index < -0.39 is 24.1 Å². The highest BCUT2D eigenvalue weighted by Crippen LogP contribution is 2.32. The summed E-state index contributed by atoms with van der Waals surface area (Å²) in [4.78, 5) is 37.4. The number of anilines is 1. The molecule has 1 aromatic heterocycles. The Labute approximate surface area is 154 Å². The molecule has 1 saturated heterocycles. The Morgan fingerprint density at radius 1 is 1.22 bits per heavy atom. The van der Waals surface area contributed by atoms with E-state index in [9.17, 15) is 19.5 Å². The average Bonchev–Trinajstić information content (AvgIpc) is 3.47. The minimum atomic E-state index is -1.92. The Kier molecular flexibility index (Phi) is 4.45. The van der Waals surface area contributed by atoms with Crippen LogP contribution in [0.5, 0.6) is 0 Å². The molecular formula is C19H20N2O6. The molecule has 4 rings (SSSR count). The van der Waals surface area contributed by atoms with E-state index in [4.69, 9.17) is 9.84 Å². The maximum Gasteiger partial charge on any atom is 0.335 e. The normalized spacial score (nSPS) is 21.4. The topological polar surface area (TPSA) is 109 Å². The number of amides is 1. The van der Waals surface area contributed by atoms with Gasteiger partial charge in [-0.3, -0.25) is 9.59 Å². The van der Waals surface area contributed by atoms with Crippen LogP contribution in [0.2, 0.25) is 0 Å². The molecule has 0 radical (unpaired) electrons. The summed E-state index contributed by atoms with van der Waals surface area (Å²) < 4.78 is 6.91. The number of aliphatic carboxylic acids is 1. The van der Waals surface area contributed by atoms with Gasteiger partial charge in [-0.05, 0) is 42.3 Å². The average molecular weight is 372 g/mol. The lowest BCUT2D eigenvalue weighted by molar-refractivity contribution is -0.163. The van der Waals surface area contributed by atoms with Crippen LogP contribution in [0.3, 0.4) is 0 Å². The molecule has 1 amide bonds. The van der Waals surface area contributed by atoms with Crippen LogP contribution in [0.4, 0.5) is 5.69 Å². The highest BCUT2D eigenvalue weighted by atomic mass is 16.5. The number of pyridine rings is 1. The summed E-state index contributed by atoms with van der Waals surface area (Å²) >= 11 is 0. The van der Waals surface area contributed by atoms with E-state index in [1.54, 1.807) is 28.8 Å². The van der Waals surface area contributed by atoms with E-state index in [1.165, 1.54) is 4.90 Å². The van der Waals surface area contributed by atoms with Gasteiger partial charge in [0.25, 0.3) is 11.5 Å². The Bertz CT molecular complexity index is 964. The van der Waals surface area contributed by atoms with Gasteiger partial charge in [0.15, 0.2) is 12.2 Å². The number of hydrogen-bond acceptors (Lipinski definition) is 5. The van der Waals surface area contributed by atoms with Crippen LogP contribution in [-0.2, 0) is 20.9 Å². The molecule has 2 fully saturated rings. The lowest BCUT2D eigenvalue weighted by Crippen LogP contribution is -2.54. The van der Waals surface area contributed by atoms with Crippen molar-refractivity contribution in [2.24, 2.45) is 5.92 Å². The van der Waals surface area contributed by atoms with Gasteiger partial charge >= 0.3 is 5.97 Å². The molecule has 0 spiro atoms. The molecule has 2 aromatic rings. The number of fused-ring (bicyclic) bond motifs is 1. The van der Waals surface area contributed by atoms with E-state index in [2.05, 4.69) is 0 Å². The molecule has 2 aliphatic rings. The van der Waals surface area contributed by atoms with E-state index in [1.807, 2.05) is 6.07 Å². The van der Waals surface area contributed by atoms with Crippen LogP contribution in [0.25, 0.3) is 10.9 Å². The third-order valence-corrected chi connectivity index (χ3v) is 5.09. The number of carboxylic acid groups (broad SMARTS) is 1. The molecule has 0 unspecified atom stereocenters. The van der Waals surface area contributed by atoms with Crippen LogP contribution in [-0.4, -0.2) is 52.0 Å². The lowest BCUT2D eigenvalue weighted by atomic mass is 10.1. The molecule has 2 atom stereocenters. The largest absolute Gasteiger partial charge is 0.479 e. The minimum Gasteiger partial charge on any atom is -0.479 e. The maximum atomic E-state index is 12.7. The number of nitrogens with zero attached hydrogens (tertiary/aromatic N) is 2. The smallest absolute Gasteiger partial charge is 0.335 e. The van der Waals surface area contributed by atoms with Gasteiger partial charge in [-0.2, -0.15) is 0 Å². The molecule has 1 saturated carbocycles. The lowest BCUT2D eigenvalue weighted by Gasteiger charge is -2.33. The number of hydrogen-bond donors (Lipinski definition) is 2. The Balaban J connectivity index is 1.71. The van der Waals surface area contributed by atoms with Crippen molar-refractivity contribution in [2.75, 3.05) is 18.1 Å². The number of rotatable bonds is 5. The van der Waals surface area contributed by atoms with E-state index >= 15 is 0 Å².